The van der Waals surface area contributed by atoms with Crippen molar-refractivity contribution in [2.45, 2.75) is 46.6 Å². The molecule has 0 unspecified atom stereocenters. The summed E-state index contributed by atoms with van der Waals surface area (Å²) in [6, 6.07) is 0. The molecule has 0 aliphatic rings. The molecule has 0 atom stereocenters. The third-order valence-corrected chi connectivity index (χ3v) is 4.27. The first-order valence-corrected chi connectivity index (χ1v) is 7.51. The van der Waals surface area contributed by atoms with E-state index in [1.165, 1.54) is 4.68 Å². The molecule has 1 rings (SSSR count). The third kappa shape index (κ3) is 3.73. The van der Waals surface area contributed by atoms with Crippen molar-refractivity contribution in [1.29, 1.82) is 0 Å². The second kappa shape index (κ2) is 7.64. The first-order valence-electron chi connectivity index (χ1n) is 7.14. The van der Waals surface area contributed by atoms with Crippen LogP contribution in [0.4, 0.5) is 5.69 Å². The smallest absolute Gasteiger partial charge is 0.287 e. The molecule has 0 aliphatic carbocycles. The highest BCUT2D eigenvalue weighted by Gasteiger charge is 2.25. The molecular weight excluding hydrogens is 278 g/mol. The highest BCUT2D eigenvalue weighted by molar-refractivity contribution is 6.32. The van der Waals surface area contributed by atoms with Gasteiger partial charge in [0.25, 0.3) is 5.56 Å². The minimum absolute atomic E-state index is 0.102. The van der Waals surface area contributed by atoms with E-state index >= 15 is 0 Å². The van der Waals surface area contributed by atoms with Crippen LogP contribution in [0.15, 0.2) is 11.0 Å². The standard InChI is InChI=1S/C14H24ClN3O2/c1-4-7-18-13(20)12(15)11(8-17-18)16-9-14(5-2,6-3)10-19/h8,16,19H,4-7,9-10H2,1-3H3. The van der Waals surface area contributed by atoms with Crippen LogP contribution < -0.4 is 10.9 Å². The summed E-state index contributed by atoms with van der Waals surface area (Å²) in [5.41, 5.74) is 0.0616. The highest BCUT2D eigenvalue weighted by Crippen LogP contribution is 2.27. The Balaban J connectivity index is 2.89. The zero-order chi connectivity index (χ0) is 15.2. The van der Waals surface area contributed by atoms with E-state index in [4.69, 9.17) is 11.6 Å². The van der Waals surface area contributed by atoms with Crippen molar-refractivity contribution in [3.8, 4) is 0 Å². The molecule has 0 fully saturated rings. The number of aliphatic hydroxyl groups is 1. The third-order valence-electron chi connectivity index (χ3n) is 3.91. The van der Waals surface area contributed by atoms with E-state index in [1.807, 2.05) is 20.8 Å². The predicted molar refractivity (Wildman–Crippen MR) is 82.4 cm³/mol. The van der Waals surface area contributed by atoms with Gasteiger partial charge in [-0.15, -0.1) is 0 Å². The van der Waals surface area contributed by atoms with Gasteiger partial charge >= 0.3 is 0 Å². The summed E-state index contributed by atoms with van der Waals surface area (Å²) >= 11 is 6.09. The Bertz CT molecular complexity index is 476. The Morgan fingerprint density at radius 3 is 2.55 bits per heavy atom. The molecule has 0 saturated heterocycles. The molecule has 0 bridgehead atoms. The second-order valence-electron chi connectivity index (χ2n) is 5.12. The number of aryl methyl sites for hydroxylation is 1. The van der Waals surface area contributed by atoms with Crippen molar-refractivity contribution in [3.05, 3.63) is 21.6 Å². The quantitative estimate of drug-likeness (QED) is 0.774. The van der Waals surface area contributed by atoms with E-state index in [0.29, 0.717) is 18.8 Å². The molecule has 6 heteroatoms. The van der Waals surface area contributed by atoms with E-state index in [1.54, 1.807) is 6.20 Å². The van der Waals surface area contributed by atoms with Gasteiger partial charge in [-0.1, -0.05) is 32.4 Å². The van der Waals surface area contributed by atoms with Gasteiger partial charge in [0.1, 0.15) is 5.02 Å². The van der Waals surface area contributed by atoms with Crippen LogP contribution in [0.3, 0.4) is 0 Å². The Hall–Kier alpha value is -1.07. The number of halogens is 1. The lowest BCUT2D eigenvalue weighted by atomic mass is 9.83. The number of anilines is 1. The molecule has 0 aromatic carbocycles. The fourth-order valence-electron chi connectivity index (χ4n) is 2.02. The van der Waals surface area contributed by atoms with Crippen molar-refractivity contribution in [2.75, 3.05) is 18.5 Å². The fourth-order valence-corrected chi connectivity index (χ4v) is 2.23. The van der Waals surface area contributed by atoms with Gasteiger partial charge in [-0.2, -0.15) is 5.10 Å². The van der Waals surface area contributed by atoms with Gasteiger partial charge in [0.15, 0.2) is 0 Å². The first-order chi connectivity index (χ1) is 9.53. The first kappa shape index (κ1) is 17.0. The second-order valence-corrected chi connectivity index (χ2v) is 5.50. The fraction of sp³-hybridized carbons (Fsp3) is 0.714. The monoisotopic (exact) mass is 301 g/mol. The largest absolute Gasteiger partial charge is 0.396 e. The molecule has 1 heterocycles. The lowest BCUT2D eigenvalue weighted by Crippen LogP contribution is -2.33. The van der Waals surface area contributed by atoms with Gasteiger partial charge in [-0.25, -0.2) is 4.68 Å². The van der Waals surface area contributed by atoms with Crippen molar-refractivity contribution in [2.24, 2.45) is 5.41 Å². The molecule has 1 aromatic rings. The number of aromatic nitrogens is 2. The van der Waals surface area contributed by atoms with Crippen LogP contribution in [0.25, 0.3) is 0 Å². The number of rotatable bonds is 8. The van der Waals surface area contributed by atoms with Crippen LogP contribution in [0.1, 0.15) is 40.0 Å². The molecule has 0 spiro atoms. The maximum atomic E-state index is 12.0. The van der Waals surface area contributed by atoms with Gasteiger partial charge in [0.05, 0.1) is 18.5 Å². The van der Waals surface area contributed by atoms with E-state index in [0.717, 1.165) is 19.3 Å². The minimum Gasteiger partial charge on any atom is -0.396 e. The molecule has 1 aromatic heterocycles. The highest BCUT2D eigenvalue weighted by atomic mass is 35.5. The number of nitrogens with one attached hydrogen (secondary N) is 1. The number of aliphatic hydroxyl groups excluding tert-OH is 1. The zero-order valence-electron chi connectivity index (χ0n) is 12.4. The molecule has 2 N–H and O–H groups in total. The van der Waals surface area contributed by atoms with Gasteiger partial charge in [0.2, 0.25) is 0 Å². The number of hydrogen-bond donors (Lipinski definition) is 2. The molecule has 5 nitrogen and oxygen atoms in total. The normalized spacial score (nSPS) is 11.7. The van der Waals surface area contributed by atoms with Crippen molar-refractivity contribution >= 4 is 17.3 Å². The summed E-state index contributed by atoms with van der Waals surface area (Å²) in [5, 5.41) is 16.9. The predicted octanol–water partition coefficient (Wildman–Crippen LogP) is 2.52. The molecule has 0 saturated carbocycles. The van der Waals surface area contributed by atoms with E-state index < -0.39 is 0 Å². The van der Waals surface area contributed by atoms with E-state index in [-0.39, 0.29) is 22.6 Å². The summed E-state index contributed by atoms with van der Waals surface area (Å²) in [5.74, 6) is 0. The molecule has 0 amide bonds. The molecular formula is C14H24ClN3O2. The number of nitrogens with zero attached hydrogens (tertiary/aromatic N) is 2. The van der Waals surface area contributed by atoms with E-state index in [9.17, 15) is 9.90 Å². The Morgan fingerprint density at radius 1 is 1.40 bits per heavy atom. The maximum absolute atomic E-state index is 12.0. The van der Waals surface area contributed by atoms with E-state index in [2.05, 4.69) is 10.4 Å². The Morgan fingerprint density at radius 2 is 2.05 bits per heavy atom. The van der Waals surface area contributed by atoms with Crippen LogP contribution in [0, 0.1) is 5.41 Å². The maximum Gasteiger partial charge on any atom is 0.287 e. The van der Waals surface area contributed by atoms with Crippen molar-refractivity contribution in [1.82, 2.24) is 9.78 Å². The van der Waals surface area contributed by atoms with Crippen molar-refractivity contribution < 1.29 is 5.11 Å². The van der Waals surface area contributed by atoms with Crippen LogP contribution >= 0.6 is 11.6 Å². The van der Waals surface area contributed by atoms with Gasteiger partial charge in [-0.05, 0) is 19.3 Å². The lowest BCUT2D eigenvalue weighted by molar-refractivity contribution is 0.127. The van der Waals surface area contributed by atoms with Crippen LogP contribution in [0.2, 0.25) is 5.02 Å². The van der Waals surface area contributed by atoms with Crippen LogP contribution in [-0.4, -0.2) is 28.0 Å². The summed E-state index contributed by atoms with van der Waals surface area (Å²) in [6.07, 6.45) is 4.11. The van der Waals surface area contributed by atoms with Crippen molar-refractivity contribution in [3.63, 3.8) is 0 Å². The average molecular weight is 302 g/mol. The topological polar surface area (TPSA) is 67.2 Å². The lowest BCUT2D eigenvalue weighted by Gasteiger charge is -2.30. The number of hydrogen-bond acceptors (Lipinski definition) is 4. The zero-order valence-corrected chi connectivity index (χ0v) is 13.2. The van der Waals surface area contributed by atoms with Crippen LogP contribution in [0.5, 0.6) is 0 Å². The SMILES string of the molecule is CCCn1ncc(NCC(CC)(CC)CO)c(Cl)c1=O. The summed E-state index contributed by atoms with van der Waals surface area (Å²) in [6.45, 7) is 7.29. The minimum atomic E-state index is -0.277. The summed E-state index contributed by atoms with van der Waals surface area (Å²) in [4.78, 5) is 12.0. The Labute approximate surface area is 125 Å². The van der Waals surface area contributed by atoms with Gasteiger partial charge in [0, 0.05) is 18.5 Å². The van der Waals surface area contributed by atoms with Crippen LogP contribution in [-0.2, 0) is 6.54 Å². The molecule has 114 valence electrons. The molecule has 0 aliphatic heterocycles. The molecule has 20 heavy (non-hydrogen) atoms. The molecule has 0 radical (unpaired) electrons. The van der Waals surface area contributed by atoms with Gasteiger partial charge in [-0.3, -0.25) is 4.79 Å². The Kier molecular flexibility index (Phi) is 6.49. The van der Waals surface area contributed by atoms with Gasteiger partial charge < -0.3 is 10.4 Å². The average Bonchev–Trinajstić information content (AvgIpc) is 2.48. The summed E-state index contributed by atoms with van der Waals surface area (Å²) in [7, 11) is 0. The summed E-state index contributed by atoms with van der Waals surface area (Å²) < 4.78 is 1.37.